The van der Waals surface area contributed by atoms with Gasteiger partial charge in [0.05, 0.1) is 11.7 Å². The second-order valence-electron chi connectivity index (χ2n) is 6.07. The van der Waals surface area contributed by atoms with E-state index in [0.29, 0.717) is 11.3 Å². The summed E-state index contributed by atoms with van der Waals surface area (Å²) in [5.41, 5.74) is 0.680. The standard InChI is InChI=1S/C20H17F2N3O2/c1-13(14-8-9-16(21)17(22)12-14)24(2)20(27)18-10-11-19(26)25(23-18)15-6-4-3-5-7-15/h3-13H,1-2H3. The van der Waals surface area contributed by atoms with Gasteiger partial charge in [-0.1, -0.05) is 24.3 Å². The summed E-state index contributed by atoms with van der Waals surface area (Å²) in [7, 11) is 1.54. The minimum atomic E-state index is -0.976. The quantitative estimate of drug-likeness (QED) is 0.709. The number of aromatic nitrogens is 2. The van der Waals surface area contributed by atoms with Crippen LogP contribution in [0, 0.1) is 11.6 Å². The first kappa shape index (κ1) is 18.4. The molecule has 0 bridgehead atoms. The second kappa shape index (κ2) is 7.49. The van der Waals surface area contributed by atoms with Gasteiger partial charge in [0.15, 0.2) is 11.6 Å². The van der Waals surface area contributed by atoms with Crippen molar-refractivity contribution in [3.05, 3.63) is 93.9 Å². The van der Waals surface area contributed by atoms with Gasteiger partial charge in [-0.2, -0.15) is 9.78 Å². The number of hydrogen-bond donors (Lipinski definition) is 0. The van der Waals surface area contributed by atoms with Crippen LogP contribution in [-0.4, -0.2) is 27.6 Å². The average Bonchev–Trinajstić information content (AvgIpc) is 2.69. The van der Waals surface area contributed by atoms with Gasteiger partial charge in [0.2, 0.25) is 0 Å². The maximum Gasteiger partial charge on any atom is 0.274 e. The Bertz CT molecular complexity index is 1030. The van der Waals surface area contributed by atoms with Crippen LogP contribution < -0.4 is 5.56 Å². The molecule has 0 saturated heterocycles. The van der Waals surface area contributed by atoms with Crippen molar-refractivity contribution in [2.75, 3.05) is 7.05 Å². The summed E-state index contributed by atoms with van der Waals surface area (Å²) in [5, 5.41) is 4.15. The highest BCUT2D eigenvalue weighted by Crippen LogP contribution is 2.22. The first-order valence-electron chi connectivity index (χ1n) is 8.26. The van der Waals surface area contributed by atoms with E-state index in [0.717, 1.165) is 16.8 Å². The van der Waals surface area contributed by atoms with Crippen molar-refractivity contribution in [2.24, 2.45) is 0 Å². The SMILES string of the molecule is CC(c1ccc(F)c(F)c1)N(C)C(=O)c1ccc(=O)n(-c2ccccc2)n1. The second-order valence-corrected chi connectivity index (χ2v) is 6.07. The summed E-state index contributed by atoms with van der Waals surface area (Å²) >= 11 is 0. The van der Waals surface area contributed by atoms with Crippen molar-refractivity contribution in [3.8, 4) is 5.69 Å². The first-order valence-corrected chi connectivity index (χ1v) is 8.26. The van der Waals surface area contributed by atoms with Crippen molar-refractivity contribution in [2.45, 2.75) is 13.0 Å². The molecule has 0 N–H and O–H groups in total. The summed E-state index contributed by atoms with van der Waals surface area (Å²) in [6.07, 6.45) is 0. The van der Waals surface area contributed by atoms with Crippen LogP contribution in [0.5, 0.6) is 0 Å². The molecule has 0 radical (unpaired) electrons. The van der Waals surface area contributed by atoms with Crippen LogP contribution in [0.25, 0.3) is 5.69 Å². The molecule has 7 heteroatoms. The monoisotopic (exact) mass is 369 g/mol. The molecule has 0 fully saturated rings. The molecule has 0 aliphatic rings. The number of nitrogens with zero attached hydrogens (tertiary/aromatic N) is 3. The van der Waals surface area contributed by atoms with Crippen molar-refractivity contribution < 1.29 is 13.6 Å². The van der Waals surface area contributed by atoms with Crippen LogP contribution in [0.1, 0.15) is 29.0 Å². The predicted octanol–water partition coefficient (Wildman–Crippen LogP) is 3.34. The van der Waals surface area contributed by atoms with Gasteiger partial charge in [-0.15, -0.1) is 0 Å². The van der Waals surface area contributed by atoms with Crippen molar-refractivity contribution in [3.63, 3.8) is 0 Å². The number of hydrogen-bond acceptors (Lipinski definition) is 3. The lowest BCUT2D eigenvalue weighted by atomic mass is 10.1. The molecule has 0 aliphatic heterocycles. The van der Waals surface area contributed by atoms with E-state index in [4.69, 9.17) is 0 Å². The van der Waals surface area contributed by atoms with Gasteiger partial charge < -0.3 is 4.90 Å². The van der Waals surface area contributed by atoms with E-state index in [1.165, 1.54) is 30.1 Å². The third-order valence-electron chi connectivity index (χ3n) is 4.35. The van der Waals surface area contributed by atoms with Gasteiger partial charge in [-0.05, 0) is 42.8 Å². The van der Waals surface area contributed by atoms with E-state index in [1.807, 2.05) is 0 Å². The molecule has 3 rings (SSSR count). The lowest BCUT2D eigenvalue weighted by Crippen LogP contribution is -2.32. The molecule has 138 valence electrons. The lowest BCUT2D eigenvalue weighted by molar-refractivity contribution is 0.0734. The number of rotatable bonds is 4. The molecule has 2 aromatic carbocycles. The van der Waals surface area contributed by atoms with Crippen molar-refractivity contribution in [1.29, 1.82) is 0 Å². The Hall–Kier alpha value is -3.35. The largest absolute Gasteiger partial charge is 0.334 e. The van der Waals surface area contributed by atoms with Crippen LogP contribution in [0.15, 0.2) is 65.5 Å². The highest BCUT2D eigenvalue weighted by atomic mass is 19.2. The van der Waals surface area contributed by atoms with E-state index < -0.39 is 23.6 Å². The molecule has 5 nitrogen and oxygen atoms in total. The molecule has 1 heterocycles. The number of carbonyl (C=O) groups excluding carboxylic acids is 1. The van der Waals surface area contributed by atoms with Gasteiger partial charge >= 0.3 is 0 Å². The highest BCUT2D eigenvalue weighted by Gasteiger charge is 2.22. The third kappa shape index (κ3) is 3.76. The van der Waals surface area contributed by atoms with Crippen molar-refractivity contribution >= 4 is 5.91 Å². The minimum absolute atomic E-state index is 0.0652. The highest BCUT2D eigenvalue weighted by molar-refractivity contribution is 5.92. The van der Waals surface area contributed by atoms with Crippen LogP contribution in [0.2, 0.25) is 0 Å². The van der Waals surface area contributed by atoms with Crippen LogP contribution in [0.4, 0.5) is 8.78 Å². The molecule has 3 aromatic rings. The van der Waals surface area contributed by atoms with E-state index in [-0.39, 0.29) is 11.3 Å². The zero-order chi connectivity index (χ0) is 19.6. The predicted molar refractivity (Wildman–Crippen MR) is 96.7 cm³/mol. The average molecular weight is 369 g/mol. The molecular formula is C20H17F2N3O2. The number of carbonyl (C=O) groups is 1. The van der Waals surface area contributed by atoms with E-state index in [2.05, 4.69) is 5.10 Å². The zero-order valence-corrected chi connectivity index (χ0v) is 14.8. The van der Waals surface area contributed by atoms with Crippen LogP contribution in [0.3, 0.4) is 0 Å². The maximum absolute atomic E-state index is 13.5. The number of para-hydroxylation sites is 1. The summed E-state index contributed by atoms with van der Waals surface area (Å²) < 4.78 is 27.8. The topological polar surface area (TPSA) is 55.2 Å². The van der Waals surface area contributed by atoms with Gasteiger partial charge in [-0.25, -0.2) is 8.78 Å². The Morgan fingerprint density at radius 2 is 1.74 bits per heavy atom. The molecule has 1 aromatic heterocycles. The normalized spacial score (nSPS) is 11.9. The third-order valence-corrected chi connectivity index (χ3v) is 4.35. The molecule has 1 amide bonds. The zero-order valence-electron chi connectivity index (χ0n) is 14.8. The number of benzene rings is 2. The summed E-state index contributed by atoms with van der Waals surface area (Å²) in [5.74, 6) is -2.37. The molecule has 0 saturated carbocycles. The van der Waals surface area contributed by atoms with Crippen LogP contribution in [-0.2, 0) is 0 Å². The fraction of sp³-hybridized carbons (Fsp3) is 0.150. The van der Waals surface area contributed by atoms with E-state index in [9.17, 15) is 18.4 Å². The summed E-state index contributed by atoms with van der Waals surface area (Å²) in [6.45, 7) is 1.69. The van der Waals surface area contributed by atoms with E-state index >= 15 is 0 Å². The van der Waals surface area contributed by atoms with E-state index in [1.54, 1.807) is 37.3 Å². The smallest absolute Gasteiger partial charge is 0.274 e. The van der Waals surface area contributed by atoms with Gasteiger partial charge in [0, 0.05) is 13.1 Å². The molecule has 0 spiro atoms. The Kier molecular flexibility index (Phi) is 5.12. The summed E-state index contributed by atoms with van der Waals surface area (Å²) in [6, 6.07) is 14.3. The Balaban J connectivity index is 1.91. The Morgan fingerprint density at radius 3 is 2.41 bits per heavy atom. The molecule has 0 aliphatic carbocycles. The molecule has 27 heavy (non-hydrogen) atoms. The van der Waals surface area contributed by atoms with Crippen molar-refractivity contribution in [1.82, 2.24) is 14.7 Å². The summed E-state index contributed by atoms with van der Waals surface area (Å²) in [4.78, 5) is 26.2. The van der Waals surface area contributed by atoms with Gasteiger partial charge in [0.1, 0.15) is 5.69 Å². The Labute approximate surface area is 154 Å². The molecule has 1 unspecified atom stereocenters. The van der Waals surface area contributed by atoms with Crippen LogP contribution >= 0.6 is 0 Å². The Morgan fingerprint density at radius 1 is 1.04 bits per heavy atom. The number of amides is 1. The molecule has 1 atom stereocenters. The van der Waals surface area contributed by atoms with Gasteiger partial charge in [-0.3, -0.25) is 9.59 Å². The lowest BCUT2D eigenvalue weighted by Gasteiger charge is -2.25. The van der Waals surface area contributed by atoms with Gasteiger partial charge in [0.25, 0.3) is 11.5 Å². The maximum atomic E-state index is 13.5. The fourth-order valence-corrected chi connectivity index (χ4v) is 2.63. The fourth-order valence-electron chi connectivity index (χ4n) is 2.63. The first-order chi connectivity index (χ1) is 12.9. The minimum Gasteiger partial charge on any atom is -0.334 e. The molecular weight excluding hydrogens is 352 g/mol. The number of halogens is 2.